The Kier molecular flexibility index (Phi) is 7.23. The summed E-state index contributed by atoms with van der Waals surface area (Å²) in [7, 11) is 1.56. The summed E-state index contributed by atoms with van der Waals surface area (Å²) in [5.41, 5.74) is 3.39. The van der Waals surface area contributed by atoms with Crippen molar-refractivity contribution >= 4 is 57.8 Å². The van der Waals surface area contributed by atoms with E-state index < -0.39 is 12.1 Å². The molecule has 1 saturated carbocycles. The summed E-state index contributed by atoms with van der Waals surface area (Å²) >= 11 is 12.6. The van der Waals surface area contributed by atoms with Gasteiger partial charge in [0.1, 0.15) is 0 Å². The zero-order chi connectivity index (χ0) is 27.9. The highest BCUT2D eigenvalue weighted by molar-refractivity contribution is 6.32. The normalized spacial score (nSPS) is 15.5. The molecule has 13 heteroatoms. The number of halogens is 2. The fourth-order valence-corrected chi connectivity index (χ4v) is 5.24. The average Bonchev–Trinajstić information content (AvgIpc) is 3.47. The van der Waals surface area contributed by atoms with E-state index in [4.69, 9.17) is 27.9 Å². The number of rotatable bonds is 7. The van der Waals surface area contributed by atoms with Crippen LogP contribution in [0.15, 0.2) is 42.9 Å². The molecular weight excluding hydrogens is 543 g/mol. The van der Waals surface area contributed by atoms with Crippen molar-refractivity contribution in [3.8, 4) is 5.69 Å². The van der Waals surface area contributed by atoms with Crippen LogP contribution < -0.4 is 16.0 Å². The van der Waals surface area contributed by atoms with Gasteiger partial charge in [-0.05, 0) is 43.4 Å². The smallest absolute Gasteiger partial charge is 0.323 e. The summed E-state index contributed by atoms with van der Waals surface area (Å²) < 4.78 is 8.57. The average molecular weight is 571 g/mol. The Morgan fingerprint density at radius 1 is 1.10 bits per heavy atom. The Balaban J connectivity index is 1.26. The second-order valence-electron chi connectivity index (χ2n) is 10.3. The van der Waals surface area contributed by atoms with Crippen LogP contribution in [0.5, 0.6) is 0 Å². The van der Waals surface area contributed by atoms with Crippen molar-refractivity contribution < 1.29 is 14.3 Å². The zero-order valence-corrected chi connectivity index (χ0v) is 23.3. The molecular formula is C26H28Cl2N8O3. The SMILES string of the molecule is CO[C@@H](C)c1c(NC(=O)Nc2ccc(-n3cc(NC(=O)C4CC(C)(C)C4)cn3)c(Cl)c2)cnc2cc(Cl)nn12. The van der Waals surface area contributed by atoms with Gasteiger partial charge in [0.25, 0.3) is 0 Å². The number of ether oxygens (including phenoxy) is 1. The molecule has 3 amide bonds. The minimum atomic E-state index is -0.508. The van der Waals surface area contributed by atoms with Crippen molar-refractivity contribution in [3.05, 3.63) is 58.7 Å². The third kappa shape index (κ3) is 5.70. The molecule has 204 valence electrons. The maximum absolute atomic E-state index is 12.8. The highest BCUT2D eigenvalue weighted by atomic mass is 35.5. The van der Waals surface area contributed by atoms with Crippen molar-refractivity contribution in [3.63, 3.8) is 0 Å². The maximum atomic E-state index is 12.8. The number of nitrogens with one attached hydrogen (secondary N) is 3. The first-order chi connectivity index (χ1) is 18.5. The Bertz CT molecular complexity index is 1560. The van der Waals surface area contributed by atoms with Crippen LogP contribution >= 0.6 is 23.2 Å². The van der Waals surface area contributed by atoms with Gasteiger partial charge in [-0.25, -0.2) is 19.0 Å². The lowest BCUT2D eigenvalue weighted by Gasteiger charge is -2.41. The van der Waals surface area contributed by atoms with Crippen molar-refractivity contribution in [1.29, 1.82) is 0 Å². The lowest BCUT2D eigenvalue weighted by molar-refractivity contribution is -0.126. The van der Waals surface area contributed by atoms with Gasteiger partial charge in [-0.2, -0.15) is 10.2 Å². The number of carbonyl (C=O) groups excluding carboxylic acids is 2. The van der Waals surface area contributed by atoms with Gasteiger partial charge in [-0.3, -0.25) is 4.79 Å². The van der Waals surface area contributed by atoms with Crippen molar-refractivity contribution in [2.24, 2.45) is 11.3 Å². The number of aromatic nitrogens is 5. The Morgan fingerprint density at radius 3 is 2.56 bits per heavy atom. The third-order valence-corrected chi connectivity index (χ3v) is 7.24. The molecule has 3 aromatic heterocycles. The van der Waals surface area contributed by atoms with Crippen LogP contribution in [0.2, 0.25) is 10.2 Å². The fourth-order valence-electron chi connectivity index (χ4n) is 4.80. The molecule has 3 heterocycles. The number of urea groups is 1. The van der Waals surface area contributed by atoms with E-state index in [1.807, 2.05) is 6.92 Å². The molecule has 0 unspecified atom stereocenters. The summed E-state index contributed by atoms with van der Waals surface area (Å²) in [6, 6.07) is 6.14. The molecule has 1 fully saturated rings. The molecule has 0 saturated heterocycles. The number of amides is 3. The summed E-state index contributed by atoms with van der Waals surface area (Å²) in [4.78, 5) is 29.6. The quantitative estimate of drug-likeness (QED) is 0.252. The lowest BCUT2D eigenvalue weighted by atomic mass is 9.64. The molecule has 4 aromatic rings. The standard InChI is InChI=1S/C26H28Cl2N8O3/c1-14(39-4)23-19(12-29-22-8-21(28)34-36(22)23)33-25(38)32-16-5-6-20(18(27)7-16)35-13-17(11-30-35)31-24(37)15-9-26(2,3)10-15/h5-8,11-15H,9-10H2,1-4H3,(H,31,37)(H2,32,33,38)/t14-/m0/s1. The predicted octanol–water partition coefficient (Wildman–Crippen LogP) is 5.95. The summed E-state index contributed by atoms with van der Waals surface area (Å²) in [6.07, 6.45) is 6.14. The summed E-state index contributed by atoms with van der Waals surface area (Å²) in [6.45, 7) is 6.14. The molecule has 5 rings (SSSR count). The Labute approximate surface area is 234 Å². The van der Waals surface area contributed by atoms with Gasteiger partial charge in [0.2, 0.25) is 5.91 Å². The largest absolute Gasteiger partial charge is 0.375 e. The second-order valence-corrected chi connectivity index (χ2v) is 11.1. The van der Waals surface area contributed by atoms with Crippen molar-refractivity contribution in [1.82, 2.24) is 24.4 Å². The van der Waals surface area contributed by atoms with Gasteiger partial charge < -0.3 is 20.7 Å². The number of methoxy groups -OCH3 is 1. The van der Waals surface area contributed by atoms with E-state index in [0.29, 0.717) is 39.1 Å². The number of hydrogen-bond donors (Lipinski definition) is 3. The first kappa shape index (κ1) is 26.9. The number of hydrogen-bond acceptors (Lipinski definition) is 6. The zero-order valence-electron chi connectivity index (χ0n) is 21.8. The summed E-state index contributed by atoms with van der Waals surface area (Å²) in [5, 5.41) is 17.7. The highest BCUT2D eigenvalue weighted by Gasteiger charge is 2.40. The molecule has 0 bridgehead atoms. The first-order valence-corrected chi connectivity index (χ1v) is 13.1. The van der Waals surface area contributed by atoms with E-state index in [9.17, 15) is 9.59 Å². The molecule has 1 aromatic carbocycles. The van der Waals surface area contributed by atoms with Gasteiger partial charge in [-0.1, -0.05) is 37.0 Å². The molecule has 11 nitrogen and oxygen atoms in total. The first-order valence-electron chi connectivity index (χ1n) is 12.3. The lowest BCUT2D eigenvalue weighted by Crippen LogP contribution is -2.39. The number of nitrogens with zero attached hydrogens (tertiary/aromatic N) is 5. The maximum Gasteiger partial charge on any atom is 0.323 e. The van der Waals surface area contributed by atoms with Crippen LogP contribution in [0, 0.1) is 11.3 Å². The van der Waals surface area contributed by atoms with Crippen LogP contribution in [0.25, 0.3) is 11.3 Å². The fraction of sp³-hybridized carbons (Fsp3) is 0.346. The van der Waals surface area contributed by atoms with Gasteiger partial charge in [-0.15, -0.1) is 0 Å². The van der Waals surface area contributed by atoms with Gasteiger partial charge in [0, 0.05) is 24.8 Å². The Morgan fingerprint density at radius 2 is 1.87 bits per heavy atom. The molecule has 1 aliphatic rings. The molecule has 3 N–H and O–H groups in total. The molecule has 1 aliphatic carbocycles. The third-order valence-electron chi connectivity index (χ3n) is 6.75. The van der Waals surface area contributed by atoms with Crippen molar-refractivity contribution in [2.45, 2.75) is 39.7 Å². The van der Waals surface area contributed by atoms with Gasteiger partial charge in [0.05, 0.1) is 52.5 Å². The monoisotopic (exact) mass is 570 g/mol. The minimum absolute atomic E-state index is 0.00131. The number of carbonyl (C=O) groups is 2. The molecule has 0 spiro atoms. The molecule has 0 aliphatic heterocycles. The Hall–Kier alpha value is -3.67. The van der Waals surface area contributed by atoms with Crippen molar-refractivity contribution in [2.75, 3.05) is 23.1 Å². The molecule has 0 radical (unpaired) electrons. The van der Waals surface area contributed by atoms with E-state index in [1.165, 1.54) is 10.7 Å². The van der Waals surface area contributed by atoms with Crippen LogP contribution in [-0.2, 0) is 9.53 Å². The van der Waals surface area contributed by atoms with Crippen LogP contribution in [0.4, 0.5) is 21.9 Å². The number of benzene rings is 1. The summed E-state index contributed by atoms with van der Waals surface area (Å²) in [5.74, 6) is 0.0193. The number of fused-ring (bicyclic) bond motifs is 1. The molecule has 1 atom stereocenters. The van der Waals surface area contributed by atoms with Crippen LogP contribution in [-0.4, -0.2) is 43.4 Å². The van der Waals surface area contributed by atoms with E-state index in [-0.39, 0.29) is 22.4 Å². The van der Waals surface area contributed by atoms with Crippen LogP contribution in [0.1, 0.15) is 45.4 Å². The topological polar surface area (TPSA) is 127 Å². The van der Waals surface area contributed by atoms with Gasteiger partial charge >= 0.3 is 6.03 Å². The van der Waals surface area contributed by atoms with E-state index in [2.05, 4.69) is 45.0 Å². The van der Waals surface area contributed by atoms with E-state index >= 15 is 0 Å². The minimum Gasteiger partial charge on any atom is -0.375 e. The van der Waals surface area contributed by atoms with E-state index in [0.717, 1.165) is 12.8 Å². The predicted molar refractivity (Wildman–Crippen MR) is 150 cm³/mol. The van der Waals surface area contributed by atoms with Crippen LogP contribution in [0.3, 0.4) is 0 Å². The second kappa shape index (κ2) is 10.5. The van der Waals surface area contributed by atoms with Gasteiger partial charge in [0.15, 0.2) is 10.8 Å². The van der Waals surface area contributed by atoms with E-state index in [1.54, 1.807) is 48.5 Å². The highest BCUT2D eigenvalue weighted by Crippen LogP contribution is 2.45. The number of anilines is 3. The molecule has 39 heavy (non-hydrogen) atoms.